The maximum absolute atomic E-state index is 12.4. The summed E-state index contributed by atoms with van der Waals surface area (Å²) >= 11 is 15.1. The fourth-order valence-electron chi connectivity index (χ4n) is 2.86. The number of esters is 1. The normalized spacial score (nSPS) is 14.5. The summed E-state index contributed by atoms with van der Waals surface area (Å²) in [6.07, 6.45) is 1.69. The highest BCUT2D eigenvalue weighted by Crippen LogP contribution is 2.36. The molecule has 0 fully saturated rings. The third-order valence-electron chi connectivity index (χ3n) is 4.41. The Morgan fingerprint density at radius 2 is 1.62 bits per heavy atom. The van der Waals surface area contributed by atoms with Gasteiger partial charge in [-0.25, -0.2) is 9.79 Å². The van der Waals surface area contributed by atoms with Crippen molar-refractivity contribution in [3.05, 3.63) is 97.5 Å². The van der Waals surface area contributed by atoms with Crippen LogP contribution in [0, 0.1) is 7.14 Å². The highest BCUT2D eigenvalue weighted by Gasteiger charge is 2.24. The molecule has 0 saturated carbocycles. The summed E-state index contributed by atoms with van der Waals surface area (Å²) in [5, 5.41) is 0. The Morgan fingerprint density at radius 1 is 0.938 bits per heavy atom. The van der Waals surface area contributed by atoms with Crippen molar-refractivity contribution in [1.29, 1.82) is 0 Å². The second kappa shape index (κ2) is 10.7. The van der Waals surface area contributed by atoms with Crippen molar-refractivity contribution in [1.82, 2.24) is 0 Å². The number of ether oxygens (including phenoxy) is 2. The number of hydrogen-bond donors (Lipinski definition) is 0. The number of carbonyl (C=O) groups is 1. The summed E-state index contributed by atoms with van der Waals surface area (Å²) in [5.74, 6) is 0.488. The number of halogens is 5. The van der Waals surface area contributed by atoms with Gasteiger partial charge >= 0.3 is 5.97 Å². The molecule has 3 aromatic rings. The van der Waals surface area contributed by atoms with E-state index in [0.29, 0.717) is 12.4 Å². The molecule has 1 heterocycles. The lowest BCUT2D eigenvalue weighted by Crippen LogP contribution is -2.05. The van der Waals surface area contributed by atoms with E-state index in [9.17, 15) is 4.79 Å². The Balaban J connectivity index is 1.55. The molecule has 9 heteroatoms. The highest BCUT2D eigenvalue weighted by molar-refractivity contribution is 14.1. The predicted molar refractivity (Wildman–Crippen MR) is 153 cm³/mol. The van der Waals surface area contributed by atoms with E-state index in [1.54, 1.807) is 6.08 Å². The molecular formula is C23H12Br3I2NO3. The Morgan fingerprint density at radius 3 is 2.28 bits per heavy atom. The van der Waals surface area contributed by atoms with Crippen molar-refractivity contribution in [2.45, 2.75) is 6.61 Å². The first-order valence-electron chi connectivity index (χ1n) is 9.14. The SMILES string of the molecule is O=C1OC(c2ccc(I)c(Br)c2)=N/C1=C\c1cc(Br)c(OCc2ccc(I)cc2)c(Br)c1. The van der Waals surface area contributed by atoms with E-state index in [0.717, 1.165) is 33.7 Å². The lowest BCUT2D eigenvalue weighted by molar-refractivity contribution is -0.129. The smallest absolute Gasteiger partial charge is 0.363 e. The van der Waals surface area contributed by atoms with Crippen LogP contribution in [0.4, 0.5) is 0 Å². The molecule has 0 aliphatic carbocycles. The fraction of sp³-hybridized carbons (Fsp3) is 0.0435. The van der Waals surface area contributed by atoms with Gasteiger partial charge in [-0.1, -0.05) is 12.1 Å². The van der Waals surface area contributed by atoms with Crippen LogP contribution in [0.25, 0.3) is 6.08 Å². The molecule has 1 aliphatic heterocycles. The molecule has 0 unspecified atom stereocenters. The van der Waals surface area contributed by atoms with Gasteiger partial charge in [0.05, 0.1) is 8.95 Å². The minimum Gasteiger partial charge on any atom is -0.487 e. The molecule has 0 bridgehead atoms. The minimum atomic E-state index is -0.485. The standard InChI is InChI=1S/C23H12Br3I2NO3/c24-16-10-14(3-6-19(16)28)22-29-20(23(30)32-22)9-13-7-17(25)21(18(26)8-13)31-11-12-1-4-15(27)5-2-12/h1-10H,11H2/b20-9-. The molecule has 0 aromatic heterocycles. The first-order chi connectivity index (χ1) is 15.3. The molecule has 4 nitrogen and oxygen atoms in total. The maximum atomic E-state index is 12.4. The summed E-state index contributed by atoms with van der Waals surface area (Å²) in [4.78, 5) is 16.8. The Hall–Kier alpha value is -0.760. The van der Waals surface area contributed by atoms with Crippen LogP contribution in [0.5, 0.6) is 5.75 Å². The van der Waals surface area contributed by atoms with Crippen LogP contribution in [-0.2, 0) is 16.1 Å². The fourth-order valence-corrected chi connectivity index (χ4v) is 5.38. The van der Waals surface area contributed by atoms with Crippen molar-refractivity contribution in [3.8, 4) is 5.75 Å². The molecule has 162 valence electrons. The van der Waals surface area contributed by atoms with E-state index in [2.05, 4.69) is 98.0 Å². The summed E-state index contributed by atoms with van der Waals surface area (Å²) in [6, 6.07) is 17.6. The van der Waals surface area contributed by atoms with E-state index in [-0.39, 0.29) is 11.6 Å². The average Bonchev–Trinajstić information content (AvgIpc) is 3.11. The van der Waals surface area contributed by atoms with E-state index in [4.69, 9.17) is 9.47 Å². The van der Waals surface area contributed by atoms with Crippen molar-refractivity contribution in [3.63, 3.8) is 0 Å². The van der Waals surface area contributed by atoms with E-state index < -0.39 is 5.97 Å². The molecule has 0 saturated heterocycles. The summed E-state index contributed by atoms with van der Waals surface area (Å²) in [5.41, 5.74) is 2.83. The molecule has 0 spiro atoms. The molecule has 1 aliphatic rings. The lowest BCUT2D eigenvalue weighted by atomic mass is 10.2. The highest BCUT2D eigenvalue weighted by atomic mass is 127. The second-order valence-corrected chi connectivity index (χ2v) is 11.7. The number of benzene rings is 3. The molecule has 0 N–H and O–H groups in total. The summed E-state index contributed by atoms with van der Waals surface area (Å²) < 4.78 is 16.1. The Bertz CT molecular complexity index is 1250. The molecule has 4 rings (SSSR count). The summed E-state index contributed by atoms with van der Waals surface area (Å²) in [6.45, 7) is 0.445. The molecule has 0 atom stereocenters. The van der Waals surface area contributed by atoms with Crippen LogP contribution in [0.2, 0.25) is 0 Å². The second-order valence-electron chi connectivity index (χ2n) is 6.69. The monoisotopic (exact) mass is 841 g/mol. The Kier molecular flexibility index (Phi) is 8.12. The van der Waals surface area contributed by atoms with E-state index in [1.807, 2.05) is 54.6 Å². The third-order valence-corrected chi connectivity index (χ3v) is 8.64. The van der Waals surface area contributed by atoms with Gasteiger partial charge in [0.25, 0.3) is 0 Å². The average molecular weight is 844 g/mol. The van der Waals surface area contributed by atoms with Crippen LogP contribution >= 0.6 is 93.0 Å². The zero-order valence-corrected chi connectivity index (χ0v) is 25.1. The minimum absolute atomic E-state index is 0.237. The van der Waals surface area contributed by atoms with Gasteiger partial charge in [0, 0.05) is 17.2 Å². The largest absolute Gasteiger partial charge is 0.487 e. The van der Waals surface area contributed by atoms with Crippen LogP contribution < -0.4 is 4.74 Å². The number of hydrogen-bond acceptors (Lipinski definition) is 4. The lowest BCUT2D eigenvalue weighted by Gasteiger charge is -2.11. The number of aliphatic imine (C=N–C) groups is 1. The Labute approximate surface area is 237 Å². The van der Waals surface area contributed by atoms with E-state index in [1.165, 1.54) is 3.57 Å². The third kappa shape index (κ3) is 5.83. The molecule has 0 amide bonds. The molecule has 32 heavy (non-hydrogen) atoms. The molecular weight excluding hydrogens is 832 g/mol. The van der Waals surface area contributed by atoms with Gasteiger partial charge in [-0.3, -0.25) is 0 Å². The van der Waals surface area contributed by atoms with Crippen molar-refractivity contribution in [2.24, 2.45) is 4.99 Å². The number of nitrogens with zero attached hydrogens (tertiary/aromatic N) is 1. The number of cyclic esters (lactones) is 1. The van der Waals surface area contributed by atoms with Crippen molar-refractivity contribution < 1.29 is 14.3 Å². The summed E-state index contributed by atoms with van der Waals surface area (Å²) in [7, 11) is 0. The van der Waals surface area contributed by atoms with Gasteiger partial charge in [0.1, 0.15) is 12.4 Å². The number of carbonyl (C=O) groups excluding carboxylic acids is 1. The maximum Gasteiger partial charge on any atom is 0.363 e. The first kappa shape index (κ1) is 24.4. The van der Waals surface area contributed by atoms with Crippen LogP contribution in [0.1, 0.15) is 16.7 Å². The molecule has 0 radical (unpaired) electrons. The zero-order valence-electron chi connectivity index (χ0n) is 16.0. The van der Waals surface area contributed by atoms with Crippen molar-refractivity contribution >= 4 is 111 Å². The zero-order chi connectivity index (χ0) is 22.8. The van der Waals surface area contributed by atoms with Crippen LogP contribution in [-0.4, -0.2) is 11.9 Å². The first-order valence-corrected chi connectivity index (χ1v) is 13.7. The van der Waals surface area contributed by atoms with Gasteiger partial charge < -0.3 is 9.47 Å². The van der Waals surface area contributed by atoms with Gasteiger partial charge in [-0.2, -0.15) is 0 Å². The van der Waals surface area contributed by atoms with Crippen LogP contribution in [0.15, 0.2) is 78.7 Å². The number of rotatable bonds is 5. The quantitative estimate of drug-likeness (QED) is 0.148. The predicted octanol–water partition coefficient (Wildman–Crippen LogP) is 8.11. The topological polar surface area (TPSA) is 47.9 Å². The van der Waals surface area contributed by atoms with Crippen molar-refractivity contribution in [2.75, 3.05) is 0 Å². The van der Waals surface area contributed by atoms with Gasteiger partial charge in [0.15, 0.2) is 5.70 Å². The van der Waals surface area contributed by atoms with Crippen LogP contribution in [0.3, 0.4) is 0 Å². The van der Waals surface area contributed by atoms with Gasteiger partial charge in [0.2, 0.25) is 5.90 Å². The van der Waals surface area contributed by atoms with E-state index >= 15 is 0 Å². The van der Waals surface area contributed by atoms with Gasteiger partial charge in [-0.15, -0.1) is 0 Å². The molecule has 3 aromatic carbocycles. The van der Waals surface area contributed by atoms with Gasteiger partial charge in [-0.05, 0) is 153 Å².